The van der Waals surface area contributed by atoms with Gasteiger partial charge in [0.05, 0.1) is 0 Å². The Bertz CT molecular complexity index is 917. The predicted octanol–water partition coefficient (Wildman–Crippen LogP) is 5.36. The molecule has 1 heterocycles. The molecule has 0 atom stereocenters. The lowest BCUT2D eigenvalue weighted by molar-refractivity contribution is 0.111. The van der Waals surface area contributed by atoms with Crippen LogP contribution in [0.1, 0.15) is 27.2 Å². The van der Waals surface area contributed by atoms with Crippen LogP contribution < -0.4 is 5.32 Å². The van der Waals surface area contributed by atoms with Gasteiger partial charge in [-0.2, -0.15) is 0 Å². The average molecular weight is 370 g/mol. The molecule has 0 spiro atoms. The van der Waals surface area contributed by atoms with Gasteiger partial charge in [-0.15, -0.1) is 11.3 Å². The average Bonchev–Trinajstić information content (AvgIpc) is 3.21. The number of carbonyl (C=O) groups excluding carboxylic acids is 1. The van der Waals surface area contributed by atoms with Crippen LogP contribution >= 0.6 is 11.3 Å². The van der Waals surface area contributed by atoms with Crippen LogP contribution in [0.3, 0.4) is 0 Å². The summed E-state index contributed by atoms with van der Waals surface area (Å²) in [7, 11) is 0. The Kier molecular flexibility index (Phi) is 4.81. The molecule has 4 rings (SSSR count). The molecule has 1 N–H and O–H groups in total. The van der Waals surface area contributed by atoms with E-state index in [-0.39, 0.29) is 0 Å². The first kappa shape index (κ1) is 17.2. The van der Waals surface area contributed by atoms with E-state index >= 15 is 0 Å². The highest BCUT2D eigenvalue weighted by Gasteiger charge is 2.37. The summed E-state index contributed by atoms with van der Waals surface area (Å²) in [5.74, 6) is 0. The van der Waals surface area contributed by atoms with Gasteiger partial charge in [0.1, 0.15) is 11.2 Å². The minimum absolute atomic E-state index is 0.436. The van der Waals surface area contributed by atoms with E-state index in [1.165, 1.54) is 11.3 Å². The fourth-order valence-corrected chi connectivity index (χ4v) is 4.05. The lowest BCUT2D eigenvalue weighted by atomic mass is 9.77. The maximum Gasteiger partial charge on any atom is 0.184 e. The number of hydrogen-bond acceptors (Lipinski definition) is 4. The minimum atomic E-state index is -0.623. The highest BCUT2D eigenvalue weighted by molar-refractivity contribution is 7.13. The van der Waals surface area contributed by atoms with Gasteiger partial charge in [0.2, 0.25) is 0 Å². The monoisotopic (exact) mass is 370 g/mol. The molecule has 0 amide bonds. The van der Waals surface area contributed by atoms with E-state index in [9.17, 15) is 4.79 Å². The summed E-state index contributed by atoms with van der Waals surface area (Å²) in [6, 6.07) is 30.9. The summed E-state index contributed by atoms with van der Waals surface area (Å²) >= 11 is 1.43. The van der Waals surface area contributed by atoms with Crippen molar-refractivity contribution in [3.8, 4) is 0 Å². The highest BCUT2D eigenvalue weighted by Crippen LogP contribution is 2.40. The van der Waals surface area contributed by atoms with Crippen LogP contribution in [-0.4, -0.2) is 11.3 Å². The van der Waals surface area contributed by atoms with Gasteiger partial charge in [0.25, 0.3) is 0 Å². The van der Waals surface area contributed by atoms with Crippen molar-refractivity contribution in [1.29, 1.82) is 0 Å². The molecule has 0 saturated heterocycles. The lowest BCUT2D eigenvalue weighted by Gasteiger charge is -2.36. The Morgan fingerprint density at radius 2 is 1.19 bits per heavy atom. The summed E-state index contributed by atoms with van der Waals surface area (Å²) < 4.78 is 0. The van der Waals surface area contributed by atoms with Crippen molar-refractivity contribution < 1.29 is 4.79 Å². The van der Waals surface area contributed by atoms with Gasteiger partial charge in [-0.05, 0) is 16.7 Å². The van der Waals surface area contributed by atoms with Crippen LogP contribution in [0.5, 0.6) is 0 Å². The molecule has 3 aromatic carbocycles. The molecule has 132 valence electrons. The molecule has 0 aliphatic heterocycles. The zero-order valence-electron chi connectivity index (χ0n) is 14.6. The standard InChI is InChI=1S/C23H18N2OS/c26-16-21-17-27-22(24-21)25-23(18-10-4-1-5-11-18,19-12-6-2-7-13-19)20-14-8-3-9-15-20/h1-17H,(H,24,25). The van der Waals surface area contributed by atoms with Gasteiger partial charge in [-0.1, -0.05) is 91.0 Å². The van der Waals surface area contributed by atoms with Gasteiger partial charge in [-0.25, -0.2) is 4.98 Å². The highest BCUT2D eigenvalue weighted by atomic mass is 32.1. The van der Waals surface area contributed by atoms with Crippen molar-refractivity contribution in [3.63, 3.8) is 0 Å². The van der Waals surface area contributed by atoms with Crippen LogP contribution in [0.15, 0.2) is 96.4 Å². The molecule has 4 heteroatoms. The number of rotatable bonds is 6. The summed E-state index contributed by atoms with van der Waals surface area (Å²) in [6.45, 7) is 0. The molecule has 1 aromatic heterocycles. The van der Waals surface area contributed by atoms with Gasteiger partial charge in [0, 0.05) is 5.38 Å². The number of thiazole rings is 1. The zero-order chi connectivity index (χ0) is 18.5. The maximum atomic E-state index is 11.1. The molecule has 0 fully saturated rings. The van der Waals surface area contributed by atoms with E-state index in [2.05, 4.69) is 46.7 Å². The van der Waals surface area contributed by atoms with Crippen LogP contribution in [0, 0.1) is 0 Å². The van der Waals surface area contributed by atoms with E-state index in [0.29, 0.717) is 10.8 Å². The quantitative estimate of drug-likeness (QED) is 0.367. The second kappa shape index (κ2) is 7.56. The van der Waals surface area contributed by atoms with Crippen molar-refractivity contribution in [3.05, 3.63) is 119 Å². The van der Waals surface area contributed by atoms with Crippen molar-refractivity contribution >= 4 is 22.8 Å². The Labute approximate surface area is 162 Å². The summed E-state index contributed by atoms with van der Waals surface area (Å²) in [6.07, 6.45) is 0.775. The predicted molar refractivity (Wildman–Crippen MR) is 110 cm³/mol. The van der Waals surface area contributed by atoms with Crippen molar-refractivity contribution in [2.45, 2.75) is 5.54 Å². The van der Waals surface area contributed by atoms with Gasteiger partial charge in [0.15, 0.2) is 11.4 Å². The van der Waals surface area contributed by atoms with Crippen molar-refractivity contribution in [2.24, 2.45) is 0 Å². The fraction of sp³-hybridized carbons (Fsp3) is 0.0435. The molecule has 0 aliphatic carbocycles. The summed E-state index contributed by atoms with van der Waals surface area (Å²) in [5.41, 5.74) is 3.12. The number of nitrogens with one attached hydrogen (secondary N) is 1. The van der Waals surface area contributed by atoms with Crippen LogP contribution in [0.2, 0.25) is 0 Å². The topological polar surface area (TPSA) is 42.0 Å². The van der Waals surface area contributed by atoms with Crippen molar-refractivity contribution in [1.82, 2.24) is 4.98 Å². The summed E-state index contributed by atoms with van der Waals surface area (Å²) in [4.78, 5) is 15.5. The Hall–Kier alpha value is -3.24. The number of carbonyl (C=O) groups is 1. The second-order valence-corrected chi connectivity index (χ2v) is 7.03. The summed E-state index contributed by atoms with van der Waals surface area (Å²) in [5, 5.41) is 6.11. The van der Waals surface area contributed by atoms with Gasteiger partial charge < -0.3 is 5.32 Å². The number of benzene rings is 3. The molecule has 0 unspecified atom stereocenters. The molecule has 4 aromatic rings. The minimum Gasteiger partial charge on any atom is -0.344 e. The van der Waals surface area contributed by atoms with Crippen molar-refractivity contribution in [2.75, 3.05) is 5.32 Å². The van der Waals surface area contributed by atoms with E-state index < -0.39 is 5.54 Å². The van der Waals surface area contributed by atoms with E-state index in [1.807, 2.05) is 54.6 Å². The third-order valence-electron chi connectivity index (χ3n) is 4.56. The van der Waals surface area contributed by atoms with E-state index in [0.717, 1.165) is 23.0 Å². The number of aromatic nitrogens is 1. The largest absolute Gasteiger partial charge is 0.344 e. The third-order valence-corrected chi connectivity index (χ3v) is 5.33. The van der Waals surface area contributed by atoms with E-state index in [1.54, 1.807) is 5.38 Å². The SMILES string of the molecule is O=Cc1csc(NC(c2ccccc2)(c2ccccc2)c2ccccc2)n1. The third kappa shape index (κ3) is 3.27. The Morgan fingerprint density at radius 1 is 0.741 bits per heavy atom. The second-order valence-electron chi connectivity index (χ2n) is 6.17. The smallest absolute Gasteiger partial charge is 0.184 e. The zero-order valence-corrected chi connectivity index (χ0v) is 15.4. The molecular weight excluding hydrogens is 352 g/mol. The number of nitrogens with zero attached hydrogens (tertiary/aromatic N) is 1. The van der Waals surface area contributed by atoms with Gasteiger partial charge in [-0.3, -0.25) is 4.79 Å². The first-order chi connectivity index (χ1) is 13.3. The Morgan fingerprint density at radius 3 is 1.56 bits per heavy atom. The van der Waals surface area contributed by atoms with E-state index in [4.69, 9.17) is 0 Å². The molecular formula is C23H18N2OS. The molecule has 27 heavy (non-hydrogen) atoms. The fourth-order valence-electron chi connectivity index (χ4n) is 3.34. The normalized spacial score (nSPS) is 11.1. The molecule has 0 bridgehead atoms. The number of hydrogen-bond donors (Lipinski definition) is 1. The molecule has 0 radical (unpaired) electrons. The Balaban J connectivity index is 1.98. The van der Waals surface area contributed by atoms with Crippen LogP contribution in [-0.2, 0) is 5.54 Å². The van der Waals surface area contributed by atoms with Crippen LogP contribution in [0.25, 0.3) is 0 Å². The lowest BCUT2D eigenvalue weighted by Crippen LogP contribution is -2.38. The molecule has 0 saturated carbocycles. The molecule has 0 aliphatic rings. The van der Waals surface area contributed by atoms with Gasteiger partial charge >= 0.3 is 0 Å². The number of anilines is 1. The maximum absolute atomic E-state index is 11.1. The number of aldehydes is 1. The first-order valence-electron chi connectivity index (χ1n) is 8.68. The first-order valence-corrected chi connectivity index (χ1v) is 9.56. The molecule has 3 nitrogen and oxygen atoms in total. The van der Waals surface area contributed by atoms with Crippen LogP contribution in [0.4, 0.5) is 5.13 Å².